The lowest BCUT2D eigenvalue weighted by Gasteiger charge is -2.14. The first-order valence-corrected chi connectivity index (χ1v) is 8.68. The maximum absolute atomic E-state index is 10.9. The van der Waals surface area contributed by atoms with Crippen molar-refractivity contribution in [3.8, 4) is 0 Å². The number of anilines is 2. The molecular formula is C18H23N5O2. The second kappa shape index (κ2) is 7.46. The van der Waals surface area contributed by atoms with Gasteiger partial charge >= 0.3 is 0 Å². The molecule has 0 saturated heterocycles. The molecule has 0 spiro atoms. The van der Waals surface area contributed by atoms with Crippen LogP contribution in [0, 0.1) is 10.1 Å². The van der Waals surface area contributed by atoms with Crippen LogP contribution in [0.15, 0.2) is 30.3 Å². The molecule has 132 valence electrons. The van der Waals surface area contributed by atoms with Crippen LogP contribution in [0.4, 0.5) is 17.5 Å². The van der Waals surface area contributed by atoms with E-state index in [0.717, 1.165) is 23.5 Å². The summed E-state index contributed by atoms with van der Waals surface area (Å²) in [6.07, 6.45) is 3.33. The second-order valence-electron chi connectivity index (χ2n) is 6.51. The molecule has 7 heteroatoms. The van der Waals surface area contributed by atoms with Crippen LogP contribution in [0.1, 0.15) is 50.3 Å². The van der Waals surface area contributed by atoms with E-state index in [2.05, 4.69) is 34.4 Å². The average molecular weight is 341 g/mol. The van der Waals surface area contributed by atoms with Crippen molar-refractivity contribution in [2.24, 2.45) is 0 Å². The van der Waals surface area contributed by atoms with Gasteiger partial charge in [-0.2, -0.15) is 4.98 Å². The van der Waals surface area contributed by atoms with Crippen LogP contribution < -0.4 is 10.6 Å². The van der Waals surface area contributed by atoms with E-state index < -0.39 is 0 Å². The molecule has 0 bridgehead atoms. The van der Waals surface area contributed by atoms with E-state index in [1.807, 2.05) is 12.1 Å². The number of nitrogens with one attached hydrogen (secondary N) is 2. The zero-order chi connectivity index (χ0) is 17.8. The first-order valence-electron chi connectivity index (χ1n) is 8.68. The van der Waals surface area contributed by atoms with Crippen LogP contribution in [-0.4, -0.2) is 20.9 Å². The number of nitro groups is 1. The van der Waals surface area contributed by atoms with Crippen molar-refractivity contribution in [1.29, 1.82) is 0 Å². The van der Waals surface area contributed by atoms with Gasteiger partial charge in [0.25, 0.3) is 5.69 Å². The summed E-state index contributed by atoms with van der Waals surface area (Å²) in [5.74, 6) is 1.91. The predicted molar refractivity (Wildman–Crippen MR) is 97.8 cm³/mol. The number of nitrogens with zero attached hydrogens (tertiary/aromatic N) is 3. The minimum atomic E-state index is -0.381. The Morgan fingerprint density at radius 1 is 1.32 bits per heavy atom. The largest absolute Gasteiger partial charge is 0.366 e. The lowest BCUT2D eigenvalue weighted by Crippen LogP contribution is -2.17. The van der Waals surface area contributed by atoms with Crippen LogP contribution in [0.3, 0.4) is 0 Å². The number of aromatic nitrogens is 2. The lowest BCUT2D eigenvalue weighted by atomic mass is 10.2. The van der Waals surface area contributed by atoms with Gasteiger partial charge in [-0.25, -0.2) is 4.98 Å². The summed E-state index contributed by atoms with van der Waals surface area (Å²) in [6, 6.07) is 8.92. The number of hydrogen-bond acceptors (Lipinski definition) is 6. The Labute approximate surface area is 147 Å². The molecule has 1 fully saturated rings. The molecule has 1 aromatic heterocycles. The Morgan fingerprint density at radius 3 is 2.80 bits per heavy atom. The van der Waals surface area contributed by atoms with E-state index in [1.54, 1.807) is 12.1 Å². The maximum atomic E-state index is 10.9. The fraction of sp³-hybridized carbons (Fsp3) is 0.444. The summed E-state index contributed by atoms with van der Waals surface area (Å²) >= 11 is 0. The standard InChI is InChI=1S/C18H23N5O2/c1-3-12(2)20-18-21-16(14-7-8-14)10-17(22-18)19-11-13-5-4-6-15(9-13)23(24)25/h4-6,9-10,12,14H,3,7-8,11H2,1-2H3,(H2,19,20,21,22)/t12-/m0/s1. The van der Waals surface area contributed by atoms with Crippen molar-refractivity contribution in [2.45, 2.75) is 51.6 Å². The van der Waals surface area contributed by atoms with E-state index in [-0.39, 0.29) is 10.6 Å². The van der Waals surface area contributed by atoms with Gasteiger partial charge < -0.3 is 10.6 Å². The number of benzene rings is 1. The molecule has 7 nitrogen and oxygen atoms in total. The van der Waals surface area contributed by atoms with Gasteiger partial charge in [-0.1, -0.05) is 19.1 Å². The van der Waals surface area contributed by atoms with Crippen LogP contribution in [0.5, 0.6) is 0 Å². The van der Waals surface area contributed by atoms with Crippen molar-refractivity contribution < 1.29 is 4.92 Å². The number of rotatable bonds is 8. The Kier molecular flexibility index (Phi) is 5.11. The first kappa shape index (κ1) is 17.1. The van der Waals surface area contributed by atoms with E-state index in [4.69, 9.17) is 0 Å². The first-order chi connectivity index (χ1) is 12.0. The monoisotopic (exact) mass is 341 g/mol. The maximum Gasteiger partial charge on any atom is 0.269 e. The topological polar surface area (TPSA) is 93.0 Å². The summed E-state index contributed by atoms with van der Waals surface area (Å²) < 4.78 is 0. The van der Waals surface area contributed by atoms with Gasteiger partial charge in [0.1, 0.15) is 5.82 Å². The van der Waals surface area contributed by atoms with Crippen molar-refractivity contribution in [3.63, 3.8) is 0 Å². The average Bonchev–Trinajstić information content (AvgIpc) is 3.45. The molecule has 1 aliphatic rings. The van der Waals surface area contributed by atoms with Crippen LogP contribution in [0.25, 0.3) is 0 Å². The summed E-state index contributed by atoms with van der Waals surface area (Å²) in [5.41, 5.74) is 2.00. The highest BCUT2D eigenvalue weighted by Crippen LogP contribution is 2.40. The quantitative estimate of drug-likeness (QED) is 0.555. The molecule has 1 saturated carbocycles. The molecule has 0 unspecified atom stereocenters. The molecule has 1 aliphatic carbocycles. The lowest BCUT2D eigenvalue weighted by molar-refractivity contribution is -0.384. The van der Waals surface area contributed by atoms with Crippen molar-refractivity contribution in [1.82, 2.24) is 9.97 Å². The molecule has 1 atom stereocenters. The Bertz CT molecular complexity index is 761. The Hall–Kier alpha value is -2.70. The smallest absolute Gasteiger partial charge is 0.269 e. The second-order valence-corrected chi connectivity index (χ2v) is 6.51. The zero-order valence-electron chi connectivity index (χ0n) is 14.5. The van der Waals surface area contributed by atoms with Gasteiger partial charge in [0.2, 0.25) is 5.95 Å². The molecule has 3 rings (SSSR count). The minimum absolute atomic E-state index is 0.0970. The van der Waals surface area contributed by atoms with Crippen molar-refractivity contribution in [3.05, 3.63) is 51.7 Å². The van der Waals surface area contributed by atoms with Gasteiger partial charge in [0.15, 0.2) is 0 Å². The van der Waals surface area contributed by atoms with Crippen LogP contribution >= 0.6 is 0 Å². The van der Waals surface area contributed by atoms with E-state index in [1.165, 1.54) is 18.9 Å². The van der Waals surface area contributed by atoms with E-state index in [9.17, 15) is 10.1 Å². The predicted octanol–water partition coefficient (Wildman–Crippen LogP) is 4.08. The van der Waals surface area contributed by atoms with Crippen LogP contribution in [0.2, 0.25) is 0 Å². The van der Waals surface area contributed by atoms with Gasteiger partial charge in [0.05, 0.1) is 10.6 Å². The third-order valence-electron chi connectivity index (χ3n) is 4.32. The van der Waals surface area contributed by atoms with Gasteiger partial charge in [-0.05, 0) is 31.7 Å². The van der Waals surface area contributed by atoms with E-state index >= 15 is 0 Å². The summed E-state index contributed by atoms with van der Waals surface area (Å²) in [7, 11) is 0. The van der Waals surface area contributed by atoms with E-state index in [0.29, 0.717) is 24.5 Å². The Balaban J connectivity index is 1.74. The number of non-ortho nitro benzene ring substituents is 1. The molecular weight excluding hydrogens is 318 g/mol. The fourth-order valence-corrected chi connectivity index (χ4v) is 2.50. The number of nitro benzene ring substituents is 1. The molecule has 25 heavy (non-hydrogen) atoms. The van der Waals surface area contributed by atoms with Crippen molar-refractivity contribution in [2.75, 3.05) is 10.6 Å². The zero-order valence-corrected chi connectivity index (χ0v) is 14.5. The van der Waals surface area contributed by atoms with Gasteiger partial charge in [0, 0.05) is 36.7 Å². The molecule has 1 aromatic carbocycles. The third kappa shape index (κ3) is 4.65. The normalized spacial score (nSPS) is 14.8. The summed E-state index contributed by atoms with van der Waals surface area (Å²) in [6.45, 7) is 4.69. The molecule has 1 heterocycles. The Morgan fingerprint density at radius 2 is 2.12 bits per heavy atom. The van der Waals surface area contributed by atoms with Gasteiger partial charge in [-0.15, -0.1) is 0 Å². The fourth-order valence-electron chi connectivity index (χ4n) is 2.50. The molecule has 2 aromatic rings. The number of hydrogen-bond donors (Lipinski definition) is 2. The van der Waals surface area contributed by atoms with Crippen molar-refractivity contribution >= 4 is 17.5 Å². The summed E-state index contributed by atoms with van der Waals surface area (Å²) in [5, 5.41) is 17.5. The molecule has 0 amide bonds. The molecule has 0 radical (unpaired) electrons. The van der Waals surface area contributed by atoms with Gasteiger partial charge in [-0.3, -0.25) is 10.1 Å². The third-order valence-corrected chi connectivity index (χ3v) is 4.32. The molecule has 0 aliphatic heterocycles. The highest BCUT2D eigenvalue weighted by Gasteiger charge is 2.26. The van der Waals surface area contributed by atoms with Crippen LogP contribution in [-0.2, 0) is 6.54 Å². The molecule has 2 N–H and O–H groups in total. The minimum Gasteiger partial charge on any atom is -0.366 e. The highest BCUT2D eigenvalue weighted by molar-refractivity contribution is 5.45. The summed E-state index contributed by atoms with van der Waals surface area (Å²) in [4.78, 5) is 19.7. The SMILES string of the molecule is CC[C@H](C)Nc1nc(NCc2cccc([N+](=O)[O-])c2)cc(C2CC2)n1. The highest BCUT2D eigenvalue weighted by atomic mass is 16.6.